The number of hydrogen-bond donors (Lipinski definition) is 2. The summed E-state index contributed by atoms with van der Waals surface area (Å²) in [6.45, 7) is 7.49. The molecule has 0 unspecified atom stereocenters. The van der Waals surface area contributed by atoms with Crippen molar-refractivity contribution in [3.05, 3.63) is 65.2 Å². The first-order valence-electron chi connectivity index (χ1n) is 9.11. The van der Waals surface area contributed by atoms with E-state index < -0.39 is 0 Å². The molecule has 2 amide bonds. The molecule has 0 spiro atoms. The van der Waals surface area contributed by atoms with Crippen molar-refractivity contribution in [1.82, 2.24) is 5.32 Å². The van der Waals surface area contributed by atoms with Crippen molar-refractivity contribution in [2.45, 2.75) is 32.6 Å². The van der Waals surface area contributed by atoms with Gasteiger partial charge in [0.05, 0.1) is 0 Å². The van der Waals surface area contributed by atoms with Crippen LogP contribution in [-0.4, -0.2) is 32.1 Å². The SMILES string of the molecule is COCCCNC(=O)c1ccc(C(=O)Nc2ccccc2C(C)(C)C)cc1. The fourth-order valence-corrected chi connectivity index (χ4v) is 2.73. The third-order valence-electron chi connectivity index (χ3n) is 4.20. The summed E-state index contributed by atoms with van der Waals surface area (Å²) in [5.41, 5.74) is 2.84. The summed E-state index contributed by atoms with van der Waals surface area (Å²) in [6, 6.07) is 14.5. The molecule has 0 fully saturated rings. The fraction of sp³-hybridized carbons (Fsp3) is 0.364. The van der Waals surface area contributed by atoms with Crippen molar-refractivity contribution in [2.24, 2.45) is 0 Å². The zero-order chi connectivity index (χ0) is 19.9. The van der Waals surface area contributed by atoms with Crippen LogP contribution < -0.4 is 10.6 Å². The Morgan fingerprint density at radius 2 is 1.52 bits per heavy atom. The summed E-state index contributed by atoms with van der Waals surface area (Å²) in [7, 11) is 1.63. The number of para-hydroxylation sites is 1. The van der Waals surface area contributed by atoms with Crippen LogP contribution in [0.3, 0.4) is 0 Å². The average Bonchev–Trinajstić information content (AvgIpc) is 2.65. The molecular weight excluding hydrogens is 340 g/mol. The van der Waals surface area contributed by atoms with Crippen LogP contribution in [0.25, 0.3) is 0 Å². The van der Waals surface area contributed by atoms with Gasteiger partial charge in [-0.25, -0.2) is 0 Å². The molecule has 0 aliphatic carbocycles. The van der Waals surface area contributed by atoms with Gasteiger partial charge in [-0.15, -0.1) is 0 Å². The van der Waals surface area contributed by atoms with Gasteiger partial charge in [0.15, 0.2) is 0 Å². The minimum atomic E-state index is -0.196. The number of benzene rings is 2. The molecule has 0 aliphatic heterocycles. The molecule has 0 saturated carbocycles. The highest BCUT2D eigenvalue weighted by Gasteiger charge is 2.19. The van der Waals surface area contributed by atoms with Gasteiger partial charge in [0, 0.05) is 37.1 Å². The lowest BCUT2D eigenvalue weighted by Crippen LogP contribution is -2.25. The van der Waals surface area contributed by atoms with E-state index in [9.17, 15) is 9.59 Å². The molecule has 0 bridgehead atoms. The molecule has 2 N–H and O–H groups in total. The Kier molecular flexibility index (Phi) is 7.13. The van der Waals surface area contributed by atoms with Crippen LogP contribution in [0.15, 0.2) is 48.5 Å². The minimum Gasteiger partial charge on any atom is -0.385 e. The van der Waals surface area contributed by atoms with E-state index in [-0.39, 0.29) is 17.2 Å². The molecule has 0 heterocycles. The van der Waals surface area contributed by atoms with Crippen LogP contribution in [-0.2, 0) is 10.2 Å². The van der Waals surface area contributed by atoms with Gasteiger partial charge in [-0.05, 0) is 47.7 Å². The fourth-order valence-electron chi connectivity index (χ4n) is 2.73. The maximum atomic E-state index is 12.6. The Bertz CT molecular complexity index is 777. The number of carbonyl (C=O) groups excluding carboxylic acids is 2. The average molecular weight is 368 g/mol. The number of amides is 2. The number of anilines is 1. The van der Waals surface area contributed by atoms with Gasteiger partial charge in [0.25, 0.3) is 11.8 Å². The quantitative estimate of drug-likeness (QED) is 0.726. The number of ether oxygens (including phenoxy) is 1. The molecule has 5 nitrogen and oxygen atoms in total. The number of hydrogen-bond acceptors (Lipinski definition) is 3. The largest absolute Gasteiger partial charge is 0.385 e. The predicted octanol–water partition coefficient (Wildman–Crippen LogP) is 4.00. The van der Waals surface area contributed by atoms with Crippen molar-refractivity contribution in [1.29, 1.82) is 0 Å². The normalized spacial score (nSPS) is 11.1. The van der Waals surface area contributed by atoms with E-state index >= 15 is 0 Å². The molecule has 144 valence electrons. The summed E-state index contributed by atoms with van der Waals surface area (Å²) in [6.07, 6.45) is 0.760. The monoisotopic (exact) mass is 368 g/mol. The van der Waals surface area contributed by atoms with Crippen LogP contribution in [0.5, 0.6) is 0 Å². The van der Waals surface area contributed by atoms with Gasteiger partial charge in [0.2, 0.25) is 0 Å². The lowest BCUT2D eigenvalue weighted by atomic mass is 9.86. The second-order valence-electron chi connectivity index (χ2n) is 7.43. The third kappa shape index (κ3) is 5.93. The van der Waals surface area contributed by atoms with E-state index in [0.29, 0.717) is 24.3 Å². The van der Waals surface area contributed by atoms with Crippen LogP contribution in [0.2, 0.25) is 0 Å². The number of nitrogens with one attached hydrogen (secondary N) is 2. The summed E-state index contributed by atoms with van der Waals surface area (Å²) in [5.74, 6) is -0.352. The van der Waals surface area contributed by atoms with Crippen molar-refractivity contribution >= 4 is 17.5 Å². The molecule has 0 aliphatic rings. The number of methoxy groups -OCH3 is 1. The van der Waals surface area contributed by atoms with Crippen LogP contribution in [0.4, 0.5) is 5.69 Å². The number of carbonyl (C=O) groups is 2. The Balaban J connectivity index is 2.03. The van der Waals surface area contributed by atoms with Crippen molar-refractivity contribution in [3.63, 3.8) is 0 Å². The highest BCUT2D eigenvalue weighted by Crippen LogP contribution is 2.29. The van der Waals surface area contributed by atoms with Gasteiger partial charge in [-0.2, -0.15) is 0 Å². The Morgan fingerprint density at radius 1 is 0.926 bits per heavy atom. The van der Waals surface area contributed by atoms with Crippen LogP contribution >= 0.6 is 0 Å². The standard InChI is InChI=1S/C22H28N2O3/c1-22(2,3)18-8-5-6-9-19(18)24-21(26)17-12-10-16(11-13-17)20(25)23-14-7-15-27-4/h5-6,8-13H,7,14-15H2,1-4H3,(H,23,25)(H,24,26). The maximum absolute atomic E-state index is 12.6. The predicted molar refractivity (Wildman–Crippen MR) is 108 cm³/mol. The van der Waals surface area contributed by atoms with E-state index in [4.69, 9.17) is 4.74 Å². The number of rotatable bonds is 7. The van der Waals surface area contributed by atoms with E-state index in [2.05, 4.69) is 31.4 Å². The third-order valence-corrected chi connectivity index (χ3v) is 4.20. The molecule has 2 aromatic carbocycles. The Labute approximate surface area is 161 Å². The van der Waals surface area contributed by atoms with E-state index in [1.54, 1.807) is 31.4 Å². The van der Waals surface area contributed by atoms with Gasteiger partial charge in [-0.1, -0.05) is 39.0 Å². The summed E-state index contributed by atoms with van der Waals surface area (Å²) >= 11 is 0. The molecular formula is C22H28N2O3. The topological polar surface area (TPSA) is 67.4 Å². The lowest BCUT2D eigenvalue weighted by Gasteiger charge is -2.23. The Morgan fingerprint density at radius 3 is 2.11 bits per heavy atom. The van der Waals surface area contributed by atoms with Gasteiger partial charge >= 0.3 is 0 Å². The van der Waals surface area contributed by atoms with Crippen LogP contribution in [0.1, 0.15) is 53.5 Å². The van der Waals surface area contributed by atoms with Gasteiger partial charge in [0.1, 0.15) is 0 Å². The first-order chi connectivity index (χ1) is 12.8. The zero-order valence-electron chi connectivity index (χ0n) is 16.5. The molecule has 0 radical (unpaired) electrons. The first kappa shape index (κ1) is 20.6. The molecule has 0 atom stereocenters. The first-order valence-corrected chi connectivity index (χ1v) is 9.11. The van der Waals surface area contributed by atoms with E-state index in [0.717, 1.165) is 17.7 Å². The smallest absolute Gasteiger partial charge is 0.255 e. The molecule has 2 aromatic rings. The molecule has 2 rings (SSSR count). The molecule has 0 saturated heterocycles. The van der Waals surface area contributed by atoms with Gasteiger partial charge < -0.3 is 15.4 Å². The second-order valence-corrected chi connectivity index (χ2v) is 7.43. The molecule has 5 heteroatoms. The Hall–Kier alpha value is -2.66. The summed E-state index contributed by atoms with van der Waals surface area (Å²) < 4.78 is 4.95. The molecule has 0 aromatic heterocycles. The second kappa shape index (κ2) is 9.33. The summed E-state index contributed by atoms with van der Waals surface area (Å²) in [5, 5.41) is 5.80. The lowest BCUT2D eigenvalue weighted by molar-refractivity contribution is 0.0946. The minimum absolute atomic E-state index is 0.0748. The van der Waals surface area contributed by atoms with Gasteiger partial charge in [-0.3, -0.25) is 9.59 Å². The highest BCUT2D eigenvalue weighted by molar-refractivity contribution is 6.05. The maximum Gasteiger partial charge on any atom is 0.255 e. The van der Waals surface area contributed by atoms with Crippen molar-refractivity contribution in [2.75, 3.05) is 25.6 Å². The summed E-state index contributed by atoms with van der Waals surface area (Å²) in [4.78, 5) is 24.7. The highest BCUT2D eigenvalue weighted by atomic mass is 16.5. The van der Waals surface area contributed by atoms with Crippen molar-refractivity contribution in [3.8, 4) is 0 Å². The zero-order valence-corrected chi connectivity index (χ0v) is 16.5. The van der Waals surface area contributed by atoms with E-state index in [1.165, 1.54) is 0 Å². The van der Waals surface area contributed by atoms with Crippen LogP contribution in [0, 0.1) is 0 Å². The van der Waals surface area contributed by atoms with E-state index in [1.807, 2.05) is 24.3 Å². The molecule has 27 heavy (non-hydrogen) atoms. The van der Waals surface area contributed by atoms with Crippen molar-refractivity contribution < 1.29 is 14.3 Å².